The van der Waals surface area contributed by atoms with Gasteiger partial charge in [0.05, 0.1) is 11.9 Å². The second kappa shape index (κ2) is 12.8. The van der Waals surface area contributed by atoms with Crippen LogP contribution in [0.5, 0.6) is 0 Å². The predicted molar refractivity (Wildman–Crippen MR) is 132 cm³/mol. The largest absolute Gasteiger partial charge is 0.356 e. The van der Waals surface area contributed by atoms with Crippen molar-refractivity contribution >= 4 is 29.9 Å². The van der Waals surface area contributed by atoms with Gasteiger partial charge in [-0.1, -0.05) is 25.1 Å². The van der Waals surface area contributed by atoms with Crippen molar-refractivity contribution in [1.29, 1.82) is 0 Å². The van der Waals surface area contributed by atoms with Gasteiger partial charge in [0.1, 0.15) is 0 Å². The molecule has 0 spiro atoms. The molecule has 1 aliphatic rings. The lowest BCUT2D eigenvalue weighted by atomic mass is 9.99. The minimum absolute atomic E-state index is 0. The number of aromatic nitrogens is 2. The topological polar surface area (TPSA) is 57.5 Å². The Labute approximate surface area is 192 Å². The van der Waals surface area contributed by atoms with E-state index in [1.54, 1.807) is 0 Å². The van der Waals surface area contributed by atoms with Gasteiger partial charge in [-0.3, -0.25) is 4.99 Å². The molecule has 3 rings (SSSR count). The molecule has 2 aromatic rings. The van der Waals surface area contributed by atoms with Crippen molar-refractivity contribution in [1.82, 2.24) is 25.3 Å². The molecule has 29 heavy (non-hydrogen) atoms. The Kier molecular flexibility index (Phi) is 10.5. The predicted octanol–water partition coefficient (Wildman–Crippen LogP) is 3.32. The lowest BCUT2D eigenvalue weighted by molar-refractivity contribution is 0.191. The Bertz CT molecular complexity index is 722. The van der Waals surface area contributed by atoms with Crippen LogP contribution in [0.15, 0.2) is 47.7 Å². The second-order valence-electron chi connectivity index (χ2n) is 7.68. The Hall–Kier alpha value is -1.61. The van der Waals surface area contributed by atoms with Crippen molar-refractivity contribution in [2.45, 2.75) is 32.6 Å². The van der Waals surface area contributed by atoms with Crippen LogP contribution in [-0.2, 0) is 6.42 Å². The molecule has 0 atom stereocenters. The summed E-state index contributed by atoms with van der Waals surface area (Å²) in [5, 5.41) is 11.3. The van der Waals surface area contributed by atoms with E-state index in [4.69, 9.17) is 0 Å². The summed E-state index contributed by atoms with van der Waals surface area (Å²) in [4.78, 5) is 6.91. The summed E-state index contributed by atoms with van der Waals surface area (Å²) in [5.41, 5.74) is 2.30. The molecule has 0 amide bonds. The van der Waals surface area contributed by atoms with Crippen molar-refractivity contribution in [3.05, 3.63) is 48.3 Å². The van der Waals surface area contributed by atoms with Crippen molar-refractivity contribution in [3.63, 3.8) is 0 Å². The number of hydrogen-bond acceptors (Lipinski definition) is 3. The Morgan fingerprint density at radius 3 is 2.59 bits per heavy atom. The van der Waals surface area contributed by atoms with Gasteiger partial charge in [-0.2, -0.15) is 5.10 Å². The molecule has 1 fully saturated rings. The lowest BCUT2D eigenvalue weighted by Gasteiger charge is -2.30. The Balaban J connectivity index is 0.00000300. The number of benzene rings is 1. The summed E-state index contributed by atoms with van der Waals surface area (Å²) >= 11 is 0. The molecule has 1 saturated heterocycles. The molecule has 2 N–H and O–H groups in total. The summed E-state index contributed by atoms with van der Waals surface area (Å²) in [5.74, 6) is 1.78. The maximum absolute atomic E-state index is 4.45. The first-order valence-corrected chi connectivity index (χ1v) is 10.5. The zero-order chi connectivity index (χ0) is 19.6. The van der Waals surface area contributed by atoms with E-state index in [-0.39, 0.29) is 24.0 Å². The average molecular weight is 510 g/mol. The fourth-order valence-electron chi connectivity index (χ4n) is 3.55. The average Bonchev–Trinajstić information content (AvgIpc) is 3.21. The molecule has 7 heteroatoms. The highest BCUT2D eigenvalue weighted by molar-refractivity contribution is 14.0. The molecule has 1 aromatic heterocycles. The smallest absolute Gasteiger partial charge is 0.190 e. The van der Waals surface area contributed by atoms with E-state index in [1.165, 1.54) is 38.0 Å². The van der Waals surface area contributed by atoms with Gasteiger partial charge in [0.2, 0.25) is 0 Å². The number of nitrogens with one attached hydrogen (secondary N) is 2. The minimum Gasteiger partial charge on any atom is -0.356 e. The first kappa shape index (κ1) is 23.7. The summed E-state index contributed by atoms with van der Waals surface area (Å²) in [6.45, 7) is 7.84. The number of nitrogens with zero attached hydrogens (tertiary/aromatic N) is 4. The van der Waals surface area contributed by atoms with E-state index >= 15 is 0 Å². The number of rotatable bonds is 8. The van der Waals surface area contributed by atoms with Gasteiger partial charge >= 0.3 is 0 Å². The molecule has 1 aromatic carbocycles. The van der Waals surface area contributed by atoms with Crippen LogP contribution in [0.25, 0.3) is 5.69 Å². The zero-order valence-corrected chi connectivity index (χ0v) is 20.0. The summed E-state index contributed by atoms with van der Waals surface area (Å²) in [7, 11) is 1.83. The number of hydrogen-bond donors (Lipinski definition) is 2. The van der Waals surface area contributed by atoms with Gasteiger partial charge in [0.15, 0.2) is 5.96 Å². The van der Waals surface area contributed by atoms with Crippen molar-refractivity contribution in [3.8, 4) is 5.69 Å². The monoisotopic (exact) mass is 510 g/mol. The van der Waals surface area contributed by atoms with E-state index in [0.29, 0.717) is 0 Å². The van der Waals surface area contributed by atoms with Gasteiger partial charge in [0, 0.05) is 26.3 Å². The summed E-state index contributed by atoms with van der Waals surface area (Å²) in [6, 6.07) is 10.2. The van der Waals surface area contributed by atoms with Crippen LogP contribution >= 0.6 is 24.0 Å². The number of guanidine groups is 1. The van der Waals surface area contributed by atoms with Crippen molar-refractivity contribution < 1.29 is 0 Å². The number of piperidine rings is 1. The Morgan fingerprint density at radius 2 is 1.86 bits per heavy atom. The van der Waals surface area contributed by atoms with Gasteiger partial charge in [-0.15, -0.1) is 24.0 Å². The third-order valence-corrected chi connectivity index (χ3v) is 5.41. The van der Waals surface area contributed by atoms with E-state index in [2.05, 4.69) is 50.9 Å². The van der Waals surface area contributed by atoms with Crippen molar-refractivity contribution in [2.24, 2.45) is 10.9 Å². The summed E-state index contributed by atoms with van der Waals surface area (Å²) in [6.07, 6.45) is 8.78. The molecule has 1 aliphatic heterocycles. The van der Waals surface area contributed by atoms with Crippen molar-refractivity contribution in [2.75, 3.05) is 39.8 Å². The zero-order valence-electron chi connectivity index (χ0n) is 17.7. The fraction of sp³-hybridized carbons (Fsp3) is 0.545. The first-order valence-electron chi connectivity index (χ1n) is 10.5. The lowest BCUT2D eigenvalue weighted by Crippen LogP contribution is -2.40. The van der Waals surface area contributed by atoms with Crippen LogP contribution in [0.1, 0.15) is 31.7 Å². The first-order chi connectivity index (χ1) is 13.7. The molecule has 6 nitrogen and oxygen atoms in total. The highest BCUT2D eigenvalue weighted by atomic mass is 127. The molecule has 2 heterocycles. The maximum Gasteiger partial charge on any atom is 0.190 e. The normalized spacial score (nSPS) is 15.7. The van der Waals surface area contributed by atoms with Crippen LogP contribution in [0.2, 0.25) is 0 Å². The standard InChI is InChI=1S/C22H34N6.HI/c1-19-10-15-27(16-11-19)14-6-12-24-22(23-2)25-13-9-20-17-26-28(18-20)21-7-4-3-5-8-21;/h3-5,7-8,17-19H,6,9-16H2,1-2H3,(H2,23,24,25);1H. The van der Waals surface area contributed by atoms with E-state index in [9.17, 15) is 0 Å². The SMILES string of the molecule is CN=C(NCCCN1CCC(C)CC1)NCCc1cnn(-c2ccccc2)c1.I. The number of para-hydroxylation sites is 1. The quantitative estimate of drug-likeness (QED) is 0.248. The van der Waals surface area contributed by atoms with Crippen LogP contribution < -0.4 is 10.6 Å². The van der Waals surface area contributed by atoms with Gasteiger partial charge in [-0.25, -0.2) is 4.68 Å². The number of likely N-dealkylation sites (tertiary alicyclic amines) is 1. The molecular formula is C22H35IN6. The highest BCUT2D eigenvalue weighted by Crippen LogP contribution is 2.15. The minimum atomic E-state index is 0. The Morgan fingerprint density at radius 1 is 1.14 bits per heavy atom. The molecule has 160 valence electrons. The molecular weight excluding hydrogens is 475 g/mol. The molecule has 0 aliphatic carbocycles. The van der Waals surface area contributed by atoms with Crippen LogP contribution in [0.4, 0.5) is 0 Å². The van der Waals surface area contributed by atoms with E-state index in [1.807, 2.05) is 36.1 Å². The van der Waals surface area contributed by atoms with Gasteiger partial charge in [-0.05, 0) is 68.9 Å². The third kappa shape index (κ3) is 7.97. The molecule has 0 bridgehead atoms. The fourth-order valence-corrected chi connectivity index (χ4v) is 3.55. The van der Waals surface area contributed by atoms with Crippen LogP contribution in [0, 0.1) is 5.92 Å². The van der Waals surface area contributed by atoms with E-state index < -0.39 is 0 Å². The van der Waals surface area contributed by atoms with Crippen LogP contribution in [0.3, 0.4) is 0 Å². The molecule has 0 saturated carbocycles. The number of halogens is 1. The van der Waals surface area contributed by atoms with Gasteiger partial charge in [0.25, 0.3) is 0 Å². The second-order valence-corrected chi connectivity index (χ2v) is 7.68. The van der Waals surface area contributed by atoms with E-state index in [0.717, 1.165) is 43.5 Å². The highest BCUT2D eigenvalue weighted by Gasteiger charge is 2.14. The summed E-state index contributed by atoms with van der Waals surface area (Å²) < 4.78 is 1.92. The molecule has 0 radical (unpaired) electrons. The van der Waals surface area contributed by atoms with Crippen LogP contribution in [-0.4, -0.2) is 60.4 Å². The number of aliphatic imine (C=N–C) groups is 1. The maximum atomic E-state index is 4.45. The van der Waals surface area contributed by atoms with Gasteiger partial charge < -0.3 is 15.5 Å². The third-order valence-electron chi connectivity index (χ3n) is 5.41. The molecule has 0 unspecified atom stereocenters.